The summed E-state index contributed by atoms with van der Waals surface area (Å²) in [7, 11) is 0. The number of rotatable bonds is 0. The summed E-state index contributed by atoms with van der Waals surface area (Å²) in [6, 6.07) is 14.7. The van der Waals surface area contributed by atoms with Gasteiger partial charge < -0.3 is 29.7 Å². The van der Waals surface area contributed by atoms with Crippen LogP contribution in [-0.4, -0.2) is 13.8 Å². The van der Waals surface area contributed by atoms with Crippen molar-refractivity contribution >= 4 is 24.5 Å². The van der Waals surface area contributed by atoms with Crippen molar-refractivity contribution < 1.29 is 20.5 Å². The topological polar surface area (TPSA) is 0 Å². The Morgan fingerprint density at radius 3 is 2.05 bits per heavy atom. The minimum absolute atomic E-state index is 0. The second-order valence-electron chi connectivity index (χ2n) is 3.78. The van der Waals surface area contributed by atoms with Crippen LogP contribution in [0.25, 0.3) is 10.8 Å². The maximum absolute atomic E-state index is 3.27. The Kier molecular flexibility index (Phi) is 25.1. The van der Waals surface area contributed by atoms with E-state index in [-0.39, 0.29) is 50.2 Å². The summed E-state index contributed by atoms with van der Waals surface area (Å²) in [6.07, 6.45) is 8.24. The summed E-state index contributed by atoms with van der Waals surface area (Å²) in [6.45, 7) is 8.62. The molecule has 2 aromatic rings. The van der Waals surface area contributed by atoms with Gasteiger partial charge in [-0.1, -0.05) is 6.07 Å². The normalized spacial score (nSPS) is 9.59. The molecule has 0 atom stereocenters. The maximum atomic E-state index is 3.27. The second-order valence-corrected chi connectivity index (χ2v) is 10.3. The summed E-state index contributed by atoms with van der Waals surface area (Å²) < 4.78 is 0. The summed E-state index contributed by atoms with van der Waals surface area (Å²) in [5, 5.41) is 2.66. The van der Waals surface area contributed by atoms with Crippen molar-refractivity contribution in [3.05, 3.63) is 96.0 Å². The van der Waals surface area contributed by atoms with Crippen LogP contribution in [0.15, 0.2) is 60.2 Å². The van der Waals surface area contributed by atoms with Crippen LogP contribution in [0.5, 0.6) is 0 Å². The van der Waals surface area contributed by atoms with E-state index in [0.717, 1.165) is 6.42 Å². The van der Waals surface area contributed by atoms with Crippen molar-refractivity contribution in [2.45, 2.75) is 13.3 Å². The third-order valence-electron chi connectivity index (χ3n) is 2.42. The van der Waals surface area contributed by atoms with Gasteiger partial charge >= 0.3 is 34.2 Å². The molecule has 0 N–H and O–H groups in total. The van der Waals surface area contributed by atoms with Gasteiger partial charge in [0.2, 0.25) is 0 Å². The van der Waals surface area contributed by atoms with Gasteiger partial charge in [0.1, 0.15) is 0 Å². The van der Waals surface area contributed by atoms with Crippen molar-refractivity contribution in [2.24, 2.45) is 0 Å². The van der Waals surface area contributed by atoms with Crippen molar-refractivity contribution in [3.8, 4) is 0 Å². The van der Waals surface area contributed by atoms with Gasteiger partial charge in [-0.25, -0.2) is 11.6 Å². The standard InChI is InChI=1S/C9H7.C6H7.4CH3.2Si.Zr/c1-2-5-9-7-3-6-8(9)4-1;1-6-4-2-3-5-6;;;;;;;/h1-7H;4-5H,2H2,1H3;4*1H3;;;/q6*-1;;;. The number of hydrogen-bond acceptors (Lipinski definition) is 0. The minimum atomic E-state index is -0.159. The number of allylic oxidation sites excluding steroid dienone is 4. The third-order valence-corrected chi connectivity index (χ3v) is 2.42. The predicted octanol–water partition coefficient (Wildman–Crippen LogP) is 5.29. The molecule has 1 aliphatic rings. The first-order valence-corrected chi connectivity index (χ1v) is 14.1. The molecule has 0 amide bonds. The zero-order valence-corrected chi connectivity index (χ0v) is 18.9. The molecule has 0 aliphatic heterocycles. The second kappa shape index (κ2) is 18.7. The fourth-order valence-electron chi connectivity index (χ4n) is 1.57. The molecule has 0 nitrogen and oxygen atoms in total. The molecule has 0 saturated heterocycles. The quantitative estimate of drug-likeness (QED) is 0.415. The van der Waals surface area contributed by atoms with E-state index in [1.54, 1.807) is 0 Å². The summed E-state index contributed by atoms with van der Waals surface area (Å²) in [5.74, 6) is 0. The summed E-state index contributed by atoms with van der Waals surface area (Å²) in [4.78, 5) is 0. The Balaban J connectivity index is -0.000000112. The molecule has 0 unspecified atom stereocenters. The summed E-state index contributed by atoms with van der Waals surface area (Å²) >= 11 is -0.159. The molecule has 0 fully saturated rings. The van der Waals surface area contributed by atoms with Crippen LogP contribution >= 0.6 is 0 Å². The molecule has 0 heterocycles. The van der Waals surface area contributed by atoms with Gasteiger partial charge in [-0.2, -0.15) is 23.6 Å². The third kappa shape index (κ3) is 12.2. The van der Waals surface area contributed by atoms with Gasteiger partial charge in [-0.15, -0.1) is 43.0 Å². The molecule has 1 aliphatic carbocycles. The largest absolute Gasteiger partial charge is 0.168 e. The Morgan fingerprint density at radius 2 is 1.64 bits per heavy atom. The average Bonchev–Trinajstić information content (AvgIpc) is 3.01. The van der Waals surface area contributed by atoms with Crippen molar-refractivity contribution in [3.63, 3.8) is 0 Å². The van der Waals surface area contributed by atoms with E-state index in [4.69, 9.17) is 0 Å². The van der Waals surface area contributed by atoms with Crippen molar-refractivity contribution in [2.75, 3.05) is 0 Å². The van der Waals surface area contributed by atoms with Gasteiger partial charge in [-0.3, -0.25) is 6.08 Å². The molecule has 22 heavy (non-hydrogen) atoms. The minimum Gasteiger partial charge on any atom is -0.168 e. The maximum Gasteiger partial charge on any atom is -0.0809 e. The Bertz CT molecular complexity index is 541. The van der Waals surface area contributed by atoms with E-state index in [0.29, 0.717) is 0 Å². The van der Waals surface area contributed by atoms with E-state index in [1.165, 1.54) is 16.3 Å². The van der Waals surface area contributed by atoms with Gasteiger partial charge in [0.05, 0.1) is 0 Å². The zero-order chi connectivity index (χ0) is 13.2. The van der Waals surface area contributed by atoms with Gasteiger partial charge in [0, 0.05) is 0 Å². The van der Waals surface area contributed by atoms with E-state index in [2.05, 4.69) is 75.3 Å². The smallest absolute Gasteiger partial charge is 0.0809 e. The number of benzene rings is 1. The van der Waals surface area contributed by atoms with E-state index in [1.807, 2.05) is 6.08 Å². The molecule has 3 rings (SSSR count). The van der Waals surface area contributed by atoms with Crippen LogP contribution < -0.4 is 0 Å². The zero-order valence-electron chi connectivity index (χ0n) is 14.4. The first-order chi connectivity index (χ1) is 8.77. The van der Waals surface area contributed by atoms with Crippen LogP contribution in [-0.2, 0) is 20.5 Å². The number of fused-ring (bicyclic) bond motifs is 1. The van der Waals surface area contributed by atoms with E-state index < -0.39 is 0 Å². The SMILES string of the molecule is CC1=CC[C-]=C1.[CH3-].[CH3-].[CH3-].[CH3-].[Si]=[Zr]=[Si].c1ccc2[cH-]ccc2c1. The Morgan fingerprint density at radius 1 is 1.05 bits per heavy atom. The first-order valence-electron chi connectivity index (χ1n) is 5.70. The molecule has 0 bridgehead atoms. The molecule has 0 saturated carbocycles. The van der Waals surface area contributed by atoms with Gasteiger partial charge in [0.25, 0.3) is 0 Å². The van der Waals surface area contributed by atoms with Gasteiger partial charge in [-0.05, 0) is 0 Å². The molecule has 0 spiro atoms. The van der Waals surface area contributed by atoms with Crippen molar-refractivity contribution in [1.82, 2.24) is 0 Å². The fourth-order valence-corrected chi connectivity index (χ4v) is 1.57. The van der Waals surface area contributed by atoms with Crippen molar-refractivity contribution in [1.29, 1.82) is 0 Å². The molecule has 0 aromatic heterocycles. The molecule has 3 heteroatoms. The number of hydrogen-bond donors (Lipinski definition) is 0. The van der Waals surface area contributed by atoms with E-state index >= 15 is 0 Å². The molecular formula is C19H26Si2Zr-6. The first kappa shape index (κ1) is 29.6. The Labute approximate surface area is 153 Å². The predicted molar refractivity (Wildman–Crippen MR) is 103 cm³/mol. The fraction of sp³-hybridized carbons (Fsp3) is 0.105. The molecule has 2 aromatic carbocycles. The van der Waals surface area contributed by atoms with Crippen LogP contribution in [0.3, 0.4) is 0 Å². The summed E-state index contributed by atoms with van der Waals surface area (Å²) in [5.41, 5.74) is 1.34. The van der Waals surface area contributed by atoms with Gasteiger partial charge in [0.15, 0.2) is 0 Å². The Hall–Kier alpha value is -0.373. The van der Waals surface area contributed by atoms with Crippen LogP contribution in [0.2, 0.25) is 0 Å². The molecule has 4 radical (unpaired) electrons. The molecular weight excluding hydrogens is 376 g/mol. The van der Waals surface area contributed by atoms with Crippen LogP contribution in [0, 0.1) is 35.8 Å². The van der Waals surface area contributed by atoms with Crippen LogP contribution in [0.1, 0.15) is 13.3 Å². The van der Waals surface area contributed by atoms with Crippen LogP contribution in [0.4, 0.5) is 0 Å². The van der Waals surface area contributed by atoms with E-state index in [9.17, 15) is 0 Å². The average molecular weight is 402 g/mol. The monoisotopic (exact) mass is 400 g/mol. The molecule has 120 valence electrons.